The standard InChI is InChI=1S/C12H18OS2/c1-3-15-11-6-4-10(5-7-11)12(13)8-9-14-2/h4-7,12-13H,3,8-9H2,1-2H3. The summed E-state index contributed by atoms with van der Waals surface area (Å²) in [5.74, 6) is 2.10. The van der Waals surface area contributed by atoms with Crippen molar-refractivity contribution in [1.82, 2.24) is 0 Å². The molecule has 0 aliphatic carbocycles. The van der Waals surface area contributed by atoms with Crippen LogP contribution in [0.2, 0.25) is 0 Å². The van der Waals surface area contributed by atoms with E-state index in [4.69, 9.17) is 0 Å². The van der Waals surface area contributed by atoms with Crippen LogP contribution in [0.15, 0.2) is 29.2 Å². The van der Waals surface area contributed by atoms with E-state index in [1.54, 1.807) is 11.8 Å². The highest BCUT2D eigenvalue weighted by atomic mass is 32.2. The first-order chi connectivity index (χ1) is 7.27. The van der Waals surface area contributed by atoms with Gasteiger partial charge >= 0.3 is 0 Å². The van der Waals surface area contributed by atoms with Crippen LogP contribution < -0.4 is 0 Å². The molecule has 0 saturated heterocycles. The van der Waals surface area contributed by atoms with Crippen molar-refractivity contribution in [2.45, 2.75) is 24.3 Å². The number of hydrogen-bond donors (Lipinski definition) is 1. The Hall–Kier alpha value is -0.120. The van der Waals surface area contributed by atoms with Crippen LogP contribution in [0.3, 0.4) is 0 Å². The summed E-state index contributed by atoms with van der Waals surface area (Å²) < 4.78 is 0. The van der Waals surface area contributed by atoms with E-state index in [1.807, 2.05) is 23.9 Å². The zero-order valence-corrected chi connectivity index (χ0v) is 10.9. The molecule has 0 bridgehead atoms. The normalized spacial score (nSPS) is 12.7. The summed E-state index contributed by atoms with van der Waals surface area (Å²) in [6, 6.07) is 8.24. The molecule has 0 heterocycles. The molecule has 0 spiro atoms. The second-order valence-electron chi connectivity index (χ2n) is 3.30. The Kier molecular flexibility index (Phi) is 6.22. The van der Waals surface area contributed by atoms with Gasteiger partial charge in [0.1, 0.15) is 0 Å². The highest BCUT2D eigenvalue weighted by Crippen LogP contribution is 2.22. The fraction of sp³-hybridized carbons (Fsp3) is 0.500. The number of aliphatic hydroxyl groups is 1. The van der Waals surface area contributed by atoms with Crippen molar-refractivity contribution in [3.05, 3.63) is 29.8 Å². The van der Waals surface area contributed by atoms with Gasteiger partial charge in [0, 0.05) is 4.90 Å². The van der Waals surface area contributed by atoms with Crippen LogP contribution >= 0.6 is 23.5 Å². The van der Waals surface area contributed by atoms with Gasteiger partial charge in [-0.1, -0.05) is 19.1 Å². The van der Waals surface area contributed by atoms with Crippen LogP contribution in [0, 0.1) is 0 Å². The van der Waals surface area contributed by atoms with E-state index in [-0.39, 0.29) is 6.10 Å². The molecule has 1 N–H and O–H groups in total. The third-order valence-corrected chi connectivity index (χ3v) is 3.71. The molecule has 1 aromatic carbocycles. The van der Waals surface area contributed by atoms with Crippen molar-refractivity contribution in [2.24, 2.45) is 0 Å². The molecule has 1 aromatic rings. The summed E-state index contributed by atoms with van der Waals surface area (Å²) in [4.78, 5) is 1.28. The molecular weight excluding hydrogens is 224 g/mol. The second-order valence-corrected chi connectivity index (χ2v) is 5.62. The maximum absolute atomic E-state index is 9.85. The number of rotatable bonds is 6. The lowest BCUT2D eigenvalue weighted by molar-refractivity contribution is 0.175. The van der Waals surface area contributed by atoms with Gasteiger partial charge in [0.2, 0.25) is 0 Å². The van der Waals surface area contributed by atoms with E-state index in [9.17, 15) is 5.11 Å². The molecule has 1 atom stereocenters. The average Bonchev–Trinajstić information content (AvgIpc) is 2.27. The topological polar surface area (TPSA) is 20.2 Å². The zero-order valence-electron chi connectivity index (χ0n) is 9.27. The number of thioether (sulfide) groups is 2. The average molecular weight is 242 g/mol. The number of hydrogen-bond acceptors (Lipinski definition) is 3. The minimum absolute atomic E-state index is 0.307. The van der Waals surface area contributed by atoms with Crippen LogP contribution in [-0.4, -0.2) is 22.9 Å². The van der Waals surface area contributed by atoms with Gasteiger partial charge < -0.3 is 5.11 Å². The smallest absolute Gasteiger partial charge is 0.0797 e. The molecule has 0 saturated carbocycles. The monoisotopic (exact) mass is 242 g/mol. The maximum Gasteiger partial charge on any atom is 0.0797 e. The minimum atomic E-state index is -0.307. The highest BCUT2D eigenvalue weighted by Gasteiger charge is 2.06. The fourth-order valence-electron chi connectivity index (χ4n) is 1.35. The van der Waals surface area contributed by atoms with Crippen molar-refractivity contribution < 1.29 is 5.11 Å². The molecule has 0 aliphatic heterocycles. The molecule has 15 heavy (non-hydrogen) atoms. The van der Waals surface area contributed by atoms with E-state index in [1.165, 1.54) is 4.90 Å². The summed E-state index contributed by atoms with van der Waals surface area (Å²) in [7, 11) is 0. The largest absolute Gasteiger partial charge is 0.388 e. The molecule has 0 radical (unpaired) electrons. The molecule has 1 unspecified atom stereocenters. The van der Waals surface area contributed by atoms with E-state index in [0.717, 1.165) is 23.5 Å². The van der Waals surface area contributed by atoms with E-state index in [0.29, 0.717) is 0 Å². The van der Waals surface area contributed by atoms with E-state index in [2.05, 4.69) is 25.3 Å². The maximum atomic E-state index is 9.85. The minimum Gasteiger partial charge on any atom is -0.388 e. The Morgan fingerprint density at radius 2 is 1.93 bits per heavy atom. The van der Waals surface area contributed by atoms with Crippen LogP contribution in [0.1, 0.15) is 25.0 Å². The van der Waals surface area contributed by atoms with Crippen LogP contribution in [0.4, 0.5) is 0 Å². The van der Waals surface area contributed by atoms with Crippen LogP contribution in [0.25, 0.3) is 0 Å². The molecule has 1 rings (SSSR count). The first-order valence-electron chi connectivity index (χ1n) is 5.17. The summed E-state index contributed by atoms with van der Waals surface area (Å²) in [5.41, 5.74) is 1.03. The van der Waals surface area contributed by atoms with Crippen molar-refractivity contribution in [3.63, 3.8) is 0 Å². The van der Waals surface area contributed by atoms with Gasteiger partial charge in [-0.05, 0) is 41.9 Å². The fourth-order valence-corrected chi connectivity index (χ4v) is 2.47. The first-order valence-corrected chi connectivity index (χ1v) is 7.55. The lowest BCUT2D eigenvalue weighted by Gasteiger charge is -2.10. The van der Waals surface area contributed by atoms with Crippen molar-refractivity contribution in [1.29, 1.82) is 0 Å². The van der Waals surface area contributed by atoms with E-state index >= 15 is 0 Å². The summed E-state index contributed by atoms with van der Waals surface area (Å²) in [5, 5.41) is 9.85. The molecule has 0 fully saturated rings. The van der Waals surface area contributed by atoms with Gasteiger partial charge in [-0.15, -0.1) is 11.8 Å². The predicted molar refractivity (Wildman–Crippen MR) is 70.8 cm³/mol. The SMILES string of the molecule is CCSc1ccc(C(O)CCSC)cc1. The van der Waals surface area contributed by atoms with Gasteiger partial charge in [-0.3, -0.25) is 0 Å². The van der Waals surface area contributed by atoms with Crippen LogP contribution in [0.5, 0.6) is 0 Å². The number of benzene rings is 1. The van der Waals surface area contributed by atoms with Crippen molar-refractivity contribution in [2.75, 3.05) is 17.8 Å². The van der Waals surface area contributed by atoms with Crippen molar-refractivity contribution in [3.8, 4) is 0 Å². The zero-order chi connectivity index (χ0) is 11.1. The Morgan fingerprint density at radius 1 is 1.27 bits per heavy atom. The van der Waals surface area contributed by atoms with Gasteiger partial charge in [0.25, 0.3) is 0 Å². The molecule has 0 amide bonds. The Labute approximate surface area is 101 Å². The summed E-state index contributed by atoms with van der Waals surface area (Å²) in [6.45, 7) is 2.14. The molecule has 0 aliphatic rings. The molecule has 3 heteroatoms. The Balaban J connectivity index is 2.54. The highest BCUT2D eigenvalue weighted by molar-refractivity contribution is 7.99. The first kappa shape index (κ1) is 12.9. The summed E-state index contributed by atoms with van der Waals surface area (Å²) in [6.07, 6.45) is 2.59. The lowest BCUT2D eigenvalue weighted by atomic mass is 10.1. The second kappa shape index (κ2) is 7.20. The van der Waals surface area contributed by atoms with Gasteiger partial charge in [-0.25, -0.2) is 0 Å². The van der Waals surface area contributed by atoms with Gasteiger partial charge in [-0.2, -0.15) is 11.8 Å². The Morgan fingerprint density at radius 3 is 2.47 bits per heavy atom. The number of aliphatic hydroxyl groups excluding tert-OH is 1. The Bertz CT molecular complexity index is 271. The molecule has 0 aromatic heterocycles. The van der Waals surface area contributed by atoms with E-state index < -0.39 is 0 Å². The predicted octanol–water partition coefficient (Wildman–Crippen LogP) is 3.59. The molecule has 1 nitrogen and oxygen atoms in total. The van der Waals surface area contributed by atoms with Gasteiger partial charge in [0.05, 0.1) is 6.10 Å². The third kappa shape index (κ3) is 4.49. The third-order valence-electron chi connectivity index (χ3n) is 2.17. The quantitative estimate of drug-likeness (QED) is 0.770. The van der Waals surface area contributed by atoms with Crippen molar-refractivity contribution >= 4 is 23.5 Å². The van der Waals surface area contributed by atoms with Crippen LogP contribution in [-0.2, 0) is 0 Å². The lowest BCUT2D eigenvalue weighted by Crippen LogP contribution is -1.98. The molecule has 84 valence electrons. The van der Waals surface area contributed by atoms with Gasteiger partial charge in [0.15, 0.2) is 0 Å². The molecular formula is C12H18OS2. The summed E-state index contributed by atoms with van der Waals surface area (Å²) >= 11 is 3.60.